The van der Waals surface area contributed by atoms with Crippen molar-refractivity contribution in [2.24, 2.45) is 0 Å². The Bertz CT molecular complexity index is 550. The smallest absolute Gasteiger partial charge is 0.410 e. The first kappa shape index (κ1) is 15.2. The summed E-state index contributed by atoms with van der Waals surface area (Å²) in [6.07, 6.45) is 0.835. The predicted octanol–water partition coefficient (Wildman–Crippen LogP) is 2.59. The molecule has 0 aromatic heterocycles. The second-order valence-corrected chi connectivity index (χ2v) is 7.27. The molecule has 120 valence electrons. The van der Waals surface area contributed by atoms with Gasteiger partial charge in [0.1, 0.15) is 11.4 Å². The molecule has 0 radical (unpaired) electrons. The quantitative estimate of drug-likeness (QED) is 0.912. The van der Waals surface area contributed by atoms with Gasteiger partial charge in [0.05, 0.1) is 0 Å². The fourth-order valence-electron chi connectivity index (χ4n) is 3.32. The highest BCUT2D eigenvalue weighted by Gasteiger charge is 2.46. The third-order valence-corrected chi connectivity index (χ3v) is 4.30. The molecule has 5 nitrogen and oxygen atoms in total. The van der Waals surface area contributed by atoms with E-state index in [1.807, 2.05) is 37.8 Å². The summed E-state index contributed by atoms with van der Waals surface area (Å²) in [7, 11) is 0. The number of nitrogens with zero attached hydrogens (tertiary/aromatic N) is 2. The first-order valence-electron chi connectivity index (χ1n) is 7.83. The topological polar surface area (TPSA) is 53.0 Å². The average molecular weight is 304 g/mol. The van der Waals surface area contributed by atoms with E-state index in [-0.39, 0.29) is 12.1 Å². The van der Waals surface area contributed by atoms with Crippen molar-refractivity contribution in [3.05, 3.63) is 29.8 Å². The van der Waals surface area contributed by atoms with Crippen LogP contribution in [0.15, 0.2) is 24.3 Å². The standard InChI is InChI=1S/C17H24N2O3/c1-17(2,3)22-16(21)19-11-13-8-14(19)10-18(13)9-12-4-6-15(20)7-5-12/h4-7,13-14,20H,8-11H2,1-3H3/t13-,14-/m0/s1. The average Bonchev–Trinajstić information content (AvgIpc) is 2.99. The van der Waals surface area contributed by atoms with Gasteiger partial charge in [-0.1, -0.05) is 12.1 Å². The Hall–Kier alpha value is -1.75. The predicted molar refractivity (Wildman–Crippen MR) is 83.6 cm³/mol. The SMILES string of the molecule is CC(C)(C)OC(=O)N1C[C@@H]2C[C@H]1CN2Cc1ccc(O)cc1. The Morgan fingerprint density at radius 1 is 1.23 bits per heavy atom. The van der Waals surface area contributed by atoms with E-state index in [9.17, 15) is 9.90 Å². The molecule has 1 aromatic carbocycles. The molecular weight excluding hydrogens is 280 g/mol. The number of phenolic OH excluding ortho intramolecular Hbond substituents is 1. The molecule has 2 bridgehead atoms. The lowest BCUT2D eigenvalue weighted by Crippen LogP contribution is -2.49. The molecule has 0 unspecified atom stereocenters. The van der Waals surface area contributed by atoms with Crippen molar-refractivity contribution in [2.45, 2.75) is 51.4 Å². The van der Waals surface area contributed by atoms with Gasteiger partial charge in [0, 0.05) is 31.7 Å². The van der Waals surface area contributed by atoms with Crippen LogP contribution in [0.5, 0.6) is 5.75 Å². The van der Waals surface area contributed by atoms with Crippen molar-refractivity contribution in [2.75, 3.05) is 13.1 Å². The van der Waals surface area contributed by atoms with Gasteiger partial charge < -0.3 is 14.7 Å². The van der Waals surface area contributed by atoms with Crippen molar-refractivity contribution >= 4 is 6.09 Å². The lowest BCUT2D eigenvalue weighted by Gasteiger charge is -2.35. The van der Waals surface area contributed by atoms with Crippen LogP contribution in [-0.4, -0.2) is 51.8 Å². The second kappa shape index (κ2) is 5.47. The summed E-state index contributed by atoms with van der Waals surface area (Å²) in [5, 5.41) is 9.34. The zero-order chi connectivity index (χ0) is 15.9. The summed E-state index contributed by atoms with van der Waals surface area (Å²) in [6.45, 7) is 8.20. The zero-order valence-electron chi connectivity index (χ0n) is 13.5. The monoisotopic (exact) mass is 304 g/mol. The lowest BCUT2D eigenvalue weighted by molar-refractivity contribution is 0.0124. The molecule has 22 heavy (non-hydrogen) atoms. The lowest BCUT2D eigenvalue weighted by atomic mass is 10.2. The minimum atomic E-state index is -0.440. The van der Waals surface area contributed by atoms with Crippen LogP contribution >= 0.6 is 0 Å². The van der Waals surface area contributed by atoms with E-state index in [0.29, 0.717) is 11.8 Å². The van der Waals surface area contributed by atoms with Gasteiger partial charge in [0.15, 0.2) is 0 Å². The van der Waals surface area contributed by atoms with E-state index in [4.69, 9.17) is 4.74 Å². The van der Waals surface area contributed by atoms with Crippen LogP contribution in [0.2, 0.25) is 0 Å². The van der Waals surface area contributed by atoms with Crippen LogP contribution < -0.4 is 0 Å². The van der Waals surface area contributed by atoms with Gasteiger partial charge >= 0.3 is 6.09 Å². The molecule has 1 aromatic rings. The number of carbonyl (C=O) groups excluding carboxylic acids is 1. The van der Waals surface area contributed by atoms with Crippen molar-refractivity contribution in [1.82, 2.24) is 9.80 Å². The minimum absolute atomic E-state index is 0.190. The number of ether oxygens (including phenoxy) is 1. The number of piperazine rings is 1. The maximum Gasteiger partial charge on any atom is 0.410 e. The van der Waals surface area contributed by atoms with Crippen LogP contribution in [0.1, 0.15) is 32.8 Å². The van der Waals surface area contributed by atoms with Crippen LogP contribution in [-0.2, 0) is 11.3 Å². The first-order chi connectivity index (χ1) is 10.3. The number of likely N-dealkylation sites (tertiary alicyclic amines) is 2. The number of phenols is 1. The van der Waals surface area contributed by atoms with Crippen molar-refractivity contribution in [1.29, 1.82) is 0 Å². The Balaban J connectivity index is 1.58. The molecule has 1 amide bonds. The highest BCUT2D eigenvalue weighted by molar-refractivity contribution is 5.69. The van der Waals surface area contributed by atoms with Crippen molar-refractivity contribution in [3.63, 3.8) is 0 Å². The van der Waals surface area contributed by atoms with Gasteiger partial charge in [0.2, 0.25) is 0 Å². The van der Waals surface area contributed by atoms with Gasteiger partial charge in [-0.2, -0.15) is 0 Å². The van der Waals surface area contributed by atoms with Crippen LogP contribution in [0.3, 0.4) is 0 Å². The summed E-state index contributed by atoms with van der Waals surface area (Å²) in [4.78, 5) is 16.5. The number of benzene rings is 1. The number of rotatable bonds is 2. The number of hydrogen-bond acceptors (Lipinski definition) is 4. The van der Waals surface area contributed by atoms with E-state index < -0.39 is 5.60 Å². The molecule has 3 rings (SSSR count). The Morgan fingerprint density at radius 3 is 2.45 bits per heavy atom. The number of amides is 1. The Morgan fingerprint density at radius 2 is 1.91 bits per heavy atom. The minimum Gasteiger partial charge on any atom is -0.508 e. The Labute approximate surface area is 131 Å². The highest BCUT2D eigenvalue weighted by Crippen LogP contribution is 2.33. The maximum atomic E-state index is 12.2. The van der Waals surface area contributed by atoms with Gasteiger partial charge in [-0.3, -0.25) is 4.90 Å². The summed E-state index contributed by atoms with van der Waals surface area (Å²) in [6, 6.07) is 8.01. The molecule has 2 fully saturated rings. The summed E-state index contributed by atoms with van der Waals surface area (Å²) < 4.78 is 5.48. The molecule has 0 spiro atoms. The van der Waals surface area contributed by atoms with Gasteiger partial charge in [0.25, 0.3) is 0 Å². The largest absolute Gasteiger partial charge is 0.508 e. The summed E-state index contributed by atoms with van der Waals surface area (Å²) in [5.74, 6) is 0.294. The Kier molecular flexibility index (Phi) is 3.77. The molecule has 2 atom stereocenters. The molecule has 2 heterocycles. The van der Waals surface area contributed by atoms with E-state index >= 15 is 0 Å². The van der Waals surface area contributed by atoms with E-state index in [2.05, 4.69) is 4.90 Å². The van der Waals surface area contributed by atoms with E-state index in [1.165, 1.54) is 5.56 Å². The molecular formula is C17H24N2O3. The normalized spacial score (nSPS) is 24.8. The van der Waals surface area contributed by atoms with Crippen LogP contribution in [0.25, 0.3) is 0 Å². The third-order valence-electron chi connectivity index (χ3n) is 4.30. The van der Waals surface area contributed by atoms with E-state index in [1.54, 1.807) is 12.1 Å². The van der Waals surface area contributed by atoms with Gasteiger partial charge in [-0.05, 0) is 44.9 Å². The number of carbonyl (C=O) groups is 1. The van der Waals surface area contributed by atoms with Crippen LogP contribution in [0.4, 0.5) is 4.79 Å². The van der Waals surface area contributed by atoms with Gasteiger partial charge in [-0.25, -0.2) is 4.79 Å². The zero-order valence-corrected chi connectivity index (χ0v) is 13.5. The fraction of sp³-hybridized carbons (Fsp3) is 0.588. The second-order valence-electron chi connectivity index (χ2n) is 7.27. The van der Waals surface area contributed by atoms with Crippen molar-refractivity contribution < 1.29 is 14.6 Å². The number of fused-ring (bicyclic) bond motifs is 2. The number of aromatic hydroxyl groups is 1. The molecule has 0 saturated carbocycles. The molecule has 2 saturated heterocycles. The van der Waals surface area contributed by atoms with Gasteiger partial charge in [-0.15, -0.1) is 0 Å². The van der Waals surface area contributed by atoms with E-state index in [0.717, 1.165) is 26.1 Å². The fourth-order valence-corrected chi connectivity index (χ4v) is 3.32. The number of hydrogen-bond donors (Lipinski definition) is 1. The third kappa shape index (κ3) is 3.19. The first-order valence-corrected chi connectivity index (χ1v) is 7.83. The maximum absolute atomic E-state index is 12.2. The molecule has 5 heteroatoms. The molecule has 0 aliphatic carbocycles. The molecule has 2 aliphatic rings. The van der Waals surface area contributed by atoms with Crippen molar-refractivity contribution in [3.8, 4) is 5.75 Å². The molecule has 2 aliphatic heterocycles. The van der Waals surface area contributed by atoms with Crippen LogP contribution in [0, 0.1) is 0 Å². The summed E-state index contributed by atoms with van der Waals surface area (Å²) in [5.41, 5.74) is 0.749. The highest BCUT2D eigenvalue weighted by atomic mass is 16.6. The summed E-state index contributed by atoms with van der Waals surface area (Å²) >= 11 is 0. The molecule has 1 N–H and O–H groups in total.